The highest BCUT2D eigenvalue weighted by Crippen LogP contribution is 2.32. The number of aromatic nitrogens is 1. The number of nitrogens with zero attached hydrogens (tertiary/aromatic N) is 3. The first kappa shape index (κ1) is 19.6. The third kappa shape index (κ3) is 4.09. The molecule has 0 fully saturated rings. The minimum atomic E-state index is 0.234. The van der Waals surface area contributed by atoms with Crippen LogP contribution in [-0.4, -0.2) is 30.9 Å². The summed E-state index contributed by atoms with van der Waals surface area (Å²) in [7, 11) is 1.62. The van der Waals surface area contributed by atoms with Gasteiger partial charge in [0, 0.05) is 5.39 Å². The van der Waals surface area contributed by atoms with E-state index >= 15 is 0 Å². The van der Waals surface area contributed by atoms with E-state index in [1.54, 1.807) is 13.3 Å². The number of hydrogen-bond acceptors (Lipinski definition) is 6. The Bertz CT molecular complexity index is 1330. The van der Waals surface area contributed by atoms with E-state index in [1.807, 2.05) is 78.9 Å². The second-order valence-electron chi connectivity index (χ2n) is 7.00. The van der Waals surface area contributed by atoms with E-state index in [2.05, 4.69) is 10.5 Å². The number of rotatable bonds is 5. The van der Waals surface area contributed by atoms with Crippen LogP contribution in [0.25, 0.3) is 10.9 Å². The normalized spacial score (nSPS) is 13.0. The van der Waals surface area contributed by atoms with Crippen molar-refractivity contribution in [1.29, 1.82) is 0 Å². The van der Waals surface area contributed by atoms with Gasteiger partial charge < -0.3 is 14.2 Å². The Labute approximate surface area is 185 Å². The highest BCUT2D eigenvalue weighted by molar-refractivity contribution is 6.01. The number of fused-ring (bicyclic) bond motifs is 2. The molecule has 3 aromatic carbocycles. The highest BCUT2D eigenvalue weighted by Gasteiger charge is 2.13. The quantitative estimate of drug-likeness (QED) is 0.286. The molecule has 0 saturated heterocycles. The molecule has 158 valence electrons. The number of ether oxygens (including phenoxy) is 3. The van der Waals surface area contributed by atoms with E-state index in [0.717, 1.165) is 22.2 Å². The van der Waals surface area contributed by atoms with Gasteiger partial charge in [-0.1, -0.05) is 36.4 Å². The van der Waals surface area contributed by atoms with Crippen molar-refractivity contribution >= 4 is 28.6 Å². The van der Waals surface area contributed by atoms with Crippen LogP contribution in [0.1, 0.15) is 11.3 Å². The average molecular weight is 424 g/mol. The molecule has 0 aliphatic carbocycles. The minimum absolute atomic E-state index is 0.234. The molecule has 1 N–H and O–H groups in total. The van der Waals surface area contributed by atoms with Gasteiger partial charge in [0.1, 0.15) is 17.1 Å². The maximum absolute atomic E-state index is 5.45. The molecule has 7 heteroatoms. The summed E-state index contributed by atoms with van der Waals surface area (Å²) in [5, 5.41) is 5.45. The van der Waals surface area contributed by atoms with E-state index in [9.17, 15) is 0 Å². The van der Waals surface area contributed by atoms with Gasteiger partial charge >= 0.3 is 0 Å². The monoisotopic (exact) mass is 424 g/mol. The Kier molecular flexibility index (Phi) is 5.36. The number of hydrogen-bond donors (Lipinski definition) is 1. The lowest BCUT2D eigenvalue weighted by atomic mass is 10.2. The number of benzene rings is 3. The van der Waals surface area contributed by atoms with Crippen molar-refractivity contribution in [3.8, 4) is 17.2 Å². The van der Waals surface area contributed by atoms with Gasteiger partial charge in [0.2, 0.25) is 6.79 Å². The first-order valence-electron chi connectivity index (χ1n) is 10.1. The van der Waals surface area contributed by atoms with Gasteiger partial charge in [-0.2, -0.15) is 5.10 Å². The van der Waals surface area contributed by atoms with E-state index in [1.165, 1.54) is 0 Å². The number of aliphatic imine (C=N–C) groups is 1. The number of pyridine rings is 1. The van der Waals surface area contributed by atoms with Gasteiger partial charge in [0.15, 0.2) is 17.3 Å². The molecule has 0 atom stereocenters. The van der Waals surface area contributed by atoms with E-state index in [-0.39, 0.29) is 6.79 Å². The third-order valence-electron chi connectivity index (χ3n) is 4.94. The Morgan fingerprint density at radius 1 is 0.969 bits per heavy atom. The van der Waals surface area contributed by atoms with Gasteiger partial charge in [-0.25, -0.2) is 9.98 Å². The van der Waals surface area contributed by atoms with Crippen LogP contribution in [0, 0.1) is 0 Å². The standard InChI is InChI=1S/C25H20N4O3/c1-30-22-9-5-4-8-20(22)28-25(21-12-11-18-6-2-3-7-19(18)27-21)29-26-15-17-10-13-23-24(14-17)32-16-31-23/h2-15H,16H2,1H3,(H,28,29). The SMILES string of the molecule is COc1ccccc1N=C(NN=Cc1ccc2c(c1)OCO2)c1ccc2ccccc2n1. The molecule has 1 aromatic heterocycles. The number of amidine groups is 1. The molecule has 5 rings (SSSR count). The fourth-order valence-electron chi connectivity index (χ4n) is 3.34. The first-order valence-corrected chi connectivity index (χ1v) is 10.1. The van der Waals surface area contributed by atoms with Gasteiger partial charge in [0.05, 0.1) is 18.8 Å². The fraction of sp³-hybridized carbons (Fsp3) is 0.0800. The summed E-state index contributed by atoms with van der Waals surface area (Å²) < 4.78 is 16.2. The summed E-state index contributed by atoms with van der Waals surface area (Å²) in [6.07, 6.45) is 1.70. The molecule has 0 saturated carbocycles. The van der Waals surface area contributed by atoms with Gasteiger partial charge in [0.25, 0.3) is 0 Å². The van der Waals surface area contributed by atoms with E-state index in [0.29, 0.717) is 28.7 Å². The van der Waals surface area contributed by atoms with Crippen LogP contribution in [-0.2, 0) is 0 Å². The molecule has 0 bridgehead atoms. The molecule has 0 unspecified atom stereocenters. The largest absolute Gasteiger partial charge is 0.494 e. The zero-order valence-electron chi connectivity index (χ0n) is 17.4. The molecule has 0 amide bonds. The summed E-state index contributed by atoms with van der Waals surface area (Å²) >= 11 is 0. The highest BCUT2D eigenvalue weighted by atomic mass is 16.7. The van der Waals surface area contributed by atoms with Crippen LogP contribution in [0.4, 0.5) is 5.69 Å². The molecule has 1 aliphatic heterocycles. The van der Waals surface area contributed by atoms with Crippen molar-refractivity contribution in [3.63, 3.8) is 0 Å². The van der Waals surface area contributed by atoms with E-state index in [4.69, 9.17) is 24.2 Å². The van der Waals surface area contributed by atoms with Crippen molar-refractivity contribution in [2.24, 2.45) is 10.1 Å². The number of nitrogens with one attached hydrogen (secondary N) is 1. The van der Waals surface area contributed by atoms with Crippen LogP contribution in [0.3, 0.4) is 0 Å². The van der Waals surface area contributed by atoms with Crippen LogP contribution < -0.4 is 19.6 Å². The maximum Gasteiger partial charge on any atom is 0.231 e. The summed E-state index contributed by atoms with van der Waals surface area (Å²) in [5.41, 5.74) is 6.12. The van der Waals surface area contributed by atoms with Crippen molar-refractivity contribution in [2.45, 2.75) is 0 Å². The Hall–Kier alpha value is -4.39. The Morgan fingerprint density at radius 3 is 2.75 bits per heavy atom. The zero-order valence-corrected chi connectivity index (χ0v) is 17.4. The number of hydrazone groups is 1. The lowest BCUT2D eigenvalue weighted by Gasteiger charge is -2.09. The molecule has 4 aromatic rings. The minimum Gasteiger partial charge on any atom is -0.494 e. The summed E-state index contributed by atoms with van der Waals surface area (Å²) in [6, 6.07) is 25.1. The molecule has 1 aliphatic rings. The number of methoxy groups -OCH3 is 1. The Balaban J connectivity index is 1.49. The van der Waals surface area contributed by atoms with Gasteiger partial charge in [-0.05, 0) is 48.0 Å². The smallest absolute Gasteiger partial charge is 0.231 e. The molecular weight excluding hydrogens is 404 g/mol. The van der Waals surface area contributed by atoms with Crippen LogP contribution in [0.15, 0.2) is 89.0 Å². The predicted molar refractivity (Wildman–Crippen MR) is 124 cm³/mol. The molecule has 32 heavy (non-hydrogen) atoms. The fourth-order valence-corrected chi connectivity index (χ4v) is 3.34. The topological polar surface area (TPSA) is 77.3 Å². The van der Waals surface area contributed by atoms with Crippen LogP contribution in [0.2, 0.25) is 0 Å². The Morgan fingerprint density at radius 2 is 1.81 bits per heavy atom. The average Bonchev–Trinajstić information content (AvgIpc) is 3.31. The van der Waals surface area contributed by atoms with Crippen LogP contribution >= 0.6 is 0 Å². The van der Waals surface area contributed by atoms with Gasteiger partial charge in [-0.15, -0.1) is 0 Å². The molecule has 7 nitrogen and oxygen atoms in total. The zero-order chi connectivity index (χ0) is 21.8. The van der Waals surface area contributed by atoms with Crippen molar-refractivity contribution in [3.05, 3.63) is 90.1 Å². The predicted octanol–water partition coefficient (Wildman–Crippen LogP) is 4.67. The van der Waals surface area contributed by atoms with Crippen molar-refractivity contribution in [2.75, 3.05) is 13.9 Å². The number of para-hydroxylation sites is 3. The first-order chi connectivity index (χ1) is 15.8. The molecular formula is C25H20N4O3. The molecule has 0 radical (unpaired) electrons. The summed E-state index contributed by atoms with van der Waals surface area (Å²) in [6.45, 7) is 0.234. The molecule has 2 heterocycles. The lowest BCUT2D eigenvalue weighted by molar-refractivity contribution is 0.174. The molecule has 0 spiro atoms. The van der Waals surface area contributed by atoms with E-state index < -0.39 is 0 Å². The lowest BCUT2D eigenvalue weighted by Crippen LogP contribution is -2.20. The second kappa shape index (κ2) is 8.77. The van der Waals surface area contributed by atoms with Crippen molar-refractivity contribution < 1.29 is 14.2 Å². The maximum atomic E-state index is 5.45. The second-order valence-corrected chi connectivity index (χ2v) is 7.00. The van der Waals surface area contributed by atoms with Crippen LogP contribution in [0.5, 0.6) is 17.2 Å². The van der Waals surface area contributed by atoms with Gasteiger partial charge in [-0.3, -0.25) is 5.43 Å². The van der Waals surface area contributed by atoms with Crippen molar-refractivity contribution in [1.82, 2.24) is 10.4 Å². The third-order valence-corrected chi connectivity index (χ3v) is 4.94. The summed E-state index contributed by atoms with van der Waals surface area (Å²) in [5.74, 6) is 2.59. The summed E-state index contributed by atoms with van der Waals surface area (Å²) in [4.78, 5) is 9.51.